The van der Waals surface area contributed by atoms with Gasteiger partial charge in [-0.15, -0.1) is 0 Å². The molecule has 0 unspecified atom stereocenters. The molecule has 0 heterocycles. The second-order valence-corrected chi connectivity index (χ2v) is 2.00. The zero-order valence-electron chi connectivity index (χ0n) is 4.81. The fraction of sp³-hybridized carbons (Fsp3) is 0.833. The van der Waals surface area contributed by atoms with Gasteiger partial charge in [0.15, 0.2) is 0 Å². The van der Waals surface area contributed by atoms with Gasteiger partial charge in [0.25, 0.3) is 0 Å². The summed E-state index contributed by atoms with van der Waals surface area (Å²) in [6.07, 6.45) is 5.01. The second kappa shape index (κ2) is 6.09. The lowest BCUT2D eigenvalue weighted by molar-refractivity contribution is 0.748. The molecule has 0 bridgehead atoms. The van der Waals surface area contributed by atoms with E-state index < -0.39 is 0 Å². The van der Waals surface area contributed by atoms with Crippen LogP contribution >= 0.6 is 12.2 Å². The van der Waals surface area contributed by atoms with Crippen LogP contribution in [-0.2, 0) is 0 Å². The van der Waals surface area contributed by atoms with Gasteiger partial charge < -0.3 is 0 Å². The van der Waals surface area contributed by atoms with Crippen molar-refractivity contribution in [1.82, 2.24) is 0 Å². The van der Waals surface area contributed by atoms with Gasteiger partial charge in [0.2, 0.25) is 0 Å². The molecule has 0 aromatic heterocycles. The summed E-state index contributed by atoms with van der Waals surface area (Å²) in [5.41, 5.74) is 0. The van der Waals surface area contributed by atoms with Crippen LogP contribution in [0.1, 0.15) is 32.6 Å². The average molecular weight is 116 g/mol. The van der Waals surface area contributed by atoms with Crippen LogP contribution in [0, 0.1) is 0 Å². The Kier molecular flexibility index (Phi) is 6.17. The lowest BCUT2D eigenvalue weighted by Gasteiger charge is -1.87. The van der Waals surface area contributed by atoms with Crippen molar-refractivity contribution in [2.24, 2.45) is 0 Å². The Morgan fingerprint density at radius 2 is 2.14 bits per heavy atom. The number of unbranched alkanes of at least 4 members (excludes halogenated alkanes) is 3. The minimum Gasteiger partial charge on any atom is -0.0935 e. The van der Waals surface area contributed by atoms with Crippen LogP contribution in [0.3, 0.4) is 0 Å². The van der Waals surface area contributed by atoms with Crippen molar-refractivity contribution in [2.45, 2.75) is 32.6 Å². The molecular weight excluding hydrogens is 104 g/mol. The molecule has 1 heteroatoms. The van der Waals surface area contributed by atoms with Crippen molar-refractivity contribution in [1.29, 1.82) is 0 Å². The molecule has 0 spiro atoms. The Bertz CT molecular complexity index is 41.4. The van der Waals surface area contributed by atoms with Crippen molar-refractivity contribution in [3.63, 3.8) is 0 Å². The lowest BCUT2D eigenvalue weighted by atomic mass is 10.2. The maximum Gasteiger partial charge on any atom is -0.0210 e. The van der Waals surface area contributed by atoms with Gasteiger partial charge >= 0.3 is 0 Å². The summed E-state index contributed by atoms with van der Waals surface area (Å²) in [5.74, 6) is 0. The third-order valence-electron chi connectivity index (χ3n) is 0.926. The zero-order chi connectivity index (χ0) is 5.54. The van der Waals surface area contributed by atoms with E-state index in [1.807, 2.05) is 5.37 Å². The molecule has 0 aliphatic rings. The minimum absolute atomic E-state index is 1.11. The molecule has 0 nitrogen and oxygen atoms in total. The first-order chi connectivity index (χ1) is 3.41. The van der Waals surface area contributed by atoms with Crippen LogP contribution in [0.5, 0.6) is 0 Å². The van der Waals surface area contributed by atoms with Gasteiger partial charge in [-0.1, -0.05) is 32.0 Å². The standard InChI is InChI=1S/C6H12S/c1-2-3-4-5-6-7/h6H,2-5H2,1H3. The molecule has 7 heavy (non-hydrogen) atoms. The van der Waals surface area contributed by atoms with Crippen molar-refractivity contribution in [3.05, 3.63) is 0 Å². The predicted octanol–water partition coefficient (Wildman–Crippen LogP) is 2.57. The van der Waals surface area contributed by atoms with Crippen molar-refractivity contribution in [3.8, 4) is 0 Å². The largest absolute Gasteiger partial charge is 0.0935 e. The summed E-state index contributed by atoms with van der Waals surface area (Å²) in [4.78, 5) is 0. The highest BCUT2D eigenvalue weighted by Gasteiger charge is 1.78. The Labute approximate surface area is 50.9 Å². The van der Waals surface area contributed by atoms with E-state index in [9.17, 15) is 0 Å². The highest BCUT2D eigenvalue weighted by Crippen LogP contribution is 1.95. The maximum absolute atomic E-state index is 4.64. The third kappa shape index (κ3) is 6.09. The minimum atomic E-state index is 1.11. The molecule has 0 fully saturated rings. The van der Waals surface area contributed by atoms with E-state index in [2.05, 4.69) is 19.1 Å². The van der Waals surface area contributed by atoms with Crippen molar-refractivity contribution >= 4 is 17.6 Å². The first-order valence-corrected chi connectivity index (χ1v) is 3.32. The highest BCUT2D eigenvalue weighted by molar-refractivity contribution is 7.78. The van der Waals surface area contributed by atoms with Gasteiger partial charge in [0.1, 0.15) is 0 Å². The van der Waals surface area contributed by atoms with Gasteiger partial charge in [0.05, 0.1) is 0 Å². The topological polar surface area (TPSA) is 0 Å². The normalized spacial score (nSPS) is 8.71. The quantitative estimate of drug-likeness (QED) is 0.402. The van der Waals surface area contributed by atoms with E-state index in [1.165, 1.54) is 19.3 Å². The molecule has 0 aromatic carbocycles. The molecule has 0 aliphatic heterocycles. The number of hydrogen-bond donors (Lipinski definition) is 0. The average Bonchev–Trinajstić information content (AvgIpc) is 1.69. The van der Waals surface area contributed by atoms with Crippen molar-refractivity contribution in [2.75, 3.05) is 0 Å². The van der Waals surface area contributed by atoms with E-state index >= 15 is 0 Å². The van der Waals surface area contributed by atoms with Crippen LogP contribution in [-0.4, -0.2) is 5.37 Å². The van der Waals surface area contributed by atoms with Crippen LogP contribution < -0.4 is 0 Å². The van der Waals surface area contributed by atoms with E-state index in [0.29, 0.717) is 0 Å². The van der Waals surface area contributed by atoms with Gasteiger partial charge in [-0.3, -0.25) is 0 Å². The summed E-state index contributed by atoms with van der Waals surface area (Å²) in [6.45, 7) is 2.20. The molecule has 0 aromatic rings. The number of hydrogen-bond acceptors (Lipinski definition) is 1. The number of thiocarbonyl (C=S) groups is 1. The van der Waals surface area contributed by atoms with Gasteiger partial charge in [-0.05, 0) is 18.2 Å². The van der Waals surface area contributed by atoms with Crippen LogP contribution in [0.25, 0.3) is 0 Å². The van der Waals surface area contributed by atoms with E-state index in [1.54, 1.807) is 0 Å². The molecule has 42 valence electrons. The van der Waals surface area contributed by atoms with Gasteiger partial charge in [-0.2, -0.15) is 0 Å². The first-order valence-electron chi connectivity index (χ1n) is 2.85. The maximum atomic E-state index is 4.64. The summed E-state index contributed by atoms with van der Waals surface area (Å²) in [5, 5.41) is 1.82. The Hall–Kier alpha value is 0.0900. The van der Waals surface area contributed by atoms with E-state index in [-0.39, 0.29) is 0 Å². The Morgan fingerprint density at radius 1 is 1.43 bits per heavy atom. The molecule has 0 aliphatic carbocycles. The molecule has 0 N–H and O–H groups in total. The summed E-state index contributed by atoms with van der Waals surface area (Å²) >= 11 is 4.64. The summed E-state index contributed by atoms with van der Waals surface area (Å²) in [6, 6.07) is 0. The van der Waals surface area contributed by atoms with E-state index in [4.69, 9.17) is 0 Å². The smallest absolute Gasteiger partial charge is 0.0210 e. The summed E-state index contributed by atoms with van der Waals surface area (Å²) in [7, 11) is 0. The molecule has 0 saturated carbocycles. The van der Waals surface area contributed by atoms with E-state index in [0.717, 1.165) is 6.42 Å². The molecule has 0 radical (unpaired) electrons. The molecule has 0 amide bonds. The molecular formula is C6H12S. The SMILES string of the molecule is CCCCCC=S. The van der Waals surface area contributed by atoms with Crippen molar-refractivity contribution < 1.29 is 0 Å². The van der Waals surface area contributed by atoms with Crippen LogP contribution in [0.2, 0.25) is 0 Å². The monoisotopic (exact) mass is 116 g/mol. The third-order valence-corrected chi connectivity index (χ3v) is 1.16. The molecule has 0 rings (SSSR count). The second-order valence-electron chi connectivity index (χ2n) is 1.66. The number of rotatable bonds is 4. The zero-order valence-corrected chi connectivity index (χ0v) is 5.63. The first kappa shape index (κ1) is 7.09. The highest BCUT2D eigenvalue weighted by atomic mass is 32.1. The van der Waals surface area contributed by atoms with Gasteiger partial charge in [-0.25, -0.2) is 0 Å². The Balaban J connectivity index is 2.56. The fourth-order valence-corrected chi connectivity index (χ4v) is 0.644. The Morgan fingerprint density at radius 3 is 2.57 bits per heavy atom. The van der Waals surface area contributed by atoms with Crippen LogP contribution in [0.4, 0.5) is 0 Å². The molecule has 0 atom stereocenters. The molecule has 0 saturated heterocycles. The van der Waals surface area contributed by atoms with Crippen LogP contribution in [0.15, 0.2) is 0 Å². The van der Waals surface area contributed by atoms with Gasteiger partial charge in [0, 0.05) is 0 Å². The fourth-order valence-electron chi connectivity index (χ4n) is 0.478. The summed E-state index contributed by atoms with van der Waals surface area (Å²) < 4.78 is 0. The predicted molar refractivity (Wildman–Crippen MR) is 37.8 cm³/mol. The lowest BCUT2D eigenvalue weighted by Crippen LogP contribution is -1.72.